The molecular formula is C30H43N5O6. The molecule has 2 heterocycles. The Kier molecular flexibility index (Phi) is 11.4. The highest BCUT2D eigenvalue weighted by molar-refractivity contribution is 6.01. The van der Waals surface area contributed by atoms with E-state index in [9.17, 15) is 28.8 Å². The second-order valence-corrected chi connectivity index (χ2v) is 11.1. The lowest BCUT2D eigenvalue weighted by atomic mass is 9.94. The number of ketones is 1. The van der Waals surface area contributed by atoms with Gasteiger partial charge in [-0.25, -0.2) is 0 Å². The van der Waals surface area contributed by atoms with Crippen molar-refractivity contribution in [2.45, 2.75) is 109 Å². The van der Waals surface area contributed by atoms with Crippen LogP contribution in [0.3, 0.4) is 0 Å². The summed E-state index contributed by atoms with van der Waals surface area (Å²) in [5.74, 6) is -2.30. The molecule has 0 radical (unpaired) electrons. The third-order valence-corrected chi connectivity index (χ3v) is 7.97. The second kappa shape index (κ2) is 14.7. The molecule has 0 bridgehead atoms. The van der Waals surface area contributed by atoms with Crippen LogP contribution >= 0.6 is 0 Å². The van der Waals surface area contributed by atoms with E-state index in [1.54, 1.807) is 38.1 Å². The average molecular weight is 570 g/mol. The zero-order valence-electron chi connectivity index (χ0n) is 24.3. The van der Waals surface area contributed by atoms with E-state index in [1.165, 1.54) is 4.90 Å². The Hall–Kier alpha value is -3.76. The number of carbonyl (C=O) groups is 6. The molecule has 1 aromatic carbocycles. The molecule has 0 saturated carbocycles. The molecule has 41 heavy (non-hydrogen) atoms. The molecule has 224 valence electrons. The Balaban J connectivity index is 1.81. The highest BCUT2D eigenvalue weighted by Crippen LogP contribution is 2.22. The summed E-state index contributed by atoms with van der Waals surface area (Å²) in [6, 6.07) is 5.84. The number of para-hydroxylation sites is 1. The summed E-state index contributed by atoms with van der Waals surface area (Å²) >= 11 is 0. The number of nitrogens with zero attached hydrogens (tertiary/aromatic N) is 1. The molecule has 3 rings (SSSR count). The van der Waals surface area contributed by atoms with Crippen LogP contribution in [0.2, 0.25) is 0 Å². The molecule has 0 aliphatic carbocycles. The fraction of sp³-hybridized carbons (Fsp3) is 0.600. The Morgan fingerprint density at radius 2 is 1.71 bits per heavy atom. The lowest BCUT2D eigenvalue weighted by molar-refractivity contribution is -0.145. The van der Waals surface area contributed by atoms with Gasteiger partial charge < -0.3 is 26.2 Å². The van der Waals surface area contributed by atoms with Crippen molar-refractivity contribution in [1.82, 2.24) is 20.9 Å². The first-order valence-corrected chi connectivity index (χ1v) is 14.7. The molecule has 0 spiro atoms. The summed E-state index contributed by atoms with van der Waals surface area (Å²) < 4.78 is 0. The predicted octanol–water partition coefficient (Wildman–Crippen LogP) is 2.20. The number of fused-ring (bicyclic) bond motifs is 1. The minimum atomic E-state index is -1.38. The van der Waals surface area contributed by atoms with Gasteiger partial charge in [-0.3, -0.25) is 28.8 Å². The average Bonchev–Trinajstić information content (AvgIpc) is 3.45. The highest BCUT2D eigenvalue weighted by Gasteiger charge is 2.43. The van der Waals surface area contributed by atoms with Gasteiger partial charge >= 0.3 is 0 Å². The van der Waals surface area contributed by atoms with Gasteiger partial charge in [0.25, 0.3) is 0 Å². The van der Waals surface area contributed by atoms with E-state index in [0.717, 1.165) is 6.42 Å². The van der Waals surface area contributed by atoms with Crippen LogP contribution in [-0.4, -0.2) is 70.4 Å². The molecule has 2 saturated heterocycles. The molecule has 11 heteroatoms. The largest absolute Gasteiger partial charge is 0.343 e. The number of benzene rings is 1. The van der Waals surface area contributed by atoms with Gasteiger partial charge in [0, 0.05) is 25.1 Å². The lowest BCUT2D eigenvalue weighted by Gasteiger charge is -2.35. The first-order valence-electron chi connectivity index (χ1n) is 14.7. The molecule has 2 aliphatic rings. The Morgan fingerprint density at radius 1 is 0.976 bits per heavy atom. The SMILES string of the molecule is CCC(=O)CCCCC[C@@H]1NC(=O)[C@H]2CCCN2C(=O)[C@H](CC(=O)Nc2ccccc2)NC(=O)[C@](C)(CC)NC1=O. The van der Waals surface area contributed by atoms with Gasteiger partial charge in [-0.05, 0) is 51.2 Å². The Labute approximate surface area is 241 Å². The fourth-order valence-electron chi connectivity index (χ4n) is 5.17. The smallest absolute Gasteiger partial charge is 0.246 e. The number of Topliss-reactive ketones (excluding diaryl/α,β-unsaturated/α-hetero) is 1. The van der Waals surface area contributed by atoms with Crippen molar-refractivity contribution in [3.63, 3.8) is 0 Å². The molecule has 1 aromatic rings. The normalized spacial score (nSPS) is 25.2. The zero-order chi connectivity index (χ0) is 30.0. The molecule has 11 nitrogen and oxygen atoms in total. The number of hydrogen-bond donors (Lipinski definition) is 4. The first kappa shape index (κ1) is 31.8. The topological polar surface area (TPSA) is 154 Å². The van der Waals surface area contributed by atoms with E-state index in [4.69, 9.17) is 0 Å². The Morgan fingerprint density at radius 3 is 2.39 bits per heavy atom. The Bertz CT molecular complexity index is 1130. The van der Waals surface area contributed by atoms with Crippen LogP contribution in [0, 0.1) is 0 Å². The van der Waals surface area contributed by atoms with Gasteiger partial charge in [-0.15, -0.1) is 0 Å². The van der Waals surface area contributed by atoms with Crippen molar-refractivity contribution in [2.75, 3.05) is 11.9 Å². The summed E-state index contributed by atoms with van der Waals surface area (Å²) in [4.78, 5) is 80.0. The molecule has 0 aromatic heterocycles. The van der Waals surface area contributed by atoms with Crippen molar-refractivity contribution in [1.29, 1.82) is 0 Å². The van der Waals surface area contributed by atoms with Crippen LogP contribution in [0.4, 0.5) is 5.69 Å². The molecule has 2 aliphatic heterocycles. The maximum atomic E-state index is 13.7. The molecular weight excluding hydrogens is 526 g/mol. The summed E-state index contributed by atoms with van der Waals surface area (Å²) in [6.45, 7) is 5.43. The maximum Gasteiger partial charge on any atom is 0.246 e. The van der Waals surface area contributed by atoms with Gasteiger partial charge in [0.1, 0.15) is 29.4 Å². The van der Waals surface area contributed by atoms with Crippen LogP contribution in [0.15, 0.2) is 30.3 Å². The van der Waals surface area contributed by atoms with Crippen LogP contribution in [0.5, 0.6) is 0 Å². The van der Waals surface area contributed by atoms with Gasteiger partial charge in [0.05, 0.1) is 6.42 Å². The summed E-state index contributed by atoms with van der Waals surface area (Å²) in [7, 11) is 0. The lowest BCUT2D eigenvalue weighted by Crippen LogP contribution is -2.65. The van der Waals surface area contributed by atoms with Crippen LogP contribution in [0.25, 0.3) is 0 Å². The van der Waals surface area contributed by atoms with Crippen LogP contribution in [-0.2, 0) is 28.8 Å². The first-order chi connectivity index (χ1) is 19.6. The predicted molar refractivity (Wildman–Crippen MR) is 154 cm³/mol. The monoisotopic (exact) mass is 569 g/mol. The molecule has 5 amide bonds. The van der Waals surface area contributed by atoms with E-state index in [2.05, 4.69) is 21.3 Å². The molecule has 2 fully saturated rings. The highest BCUT2D eigenvalue weighted by atomic mass is 16.2. The number of carbonyl (C=O) groups excluding carboxylic acids is 6. The van der Waals surface area contributed by atoms with E-state index < -0.39 is 53.2 Å². The van der Waals surface area contributed by atoms with Gasteiger partial charge in [-0.1, -0.05) is 44.9 Å². The molecule has 0 unspecified atom stereocenters. The quantitative estimate of drug-likeness (QED) is 0.300. The van der Waals surface area contributed by atoms with E-state index in [1.807, 2.05) is 13.0 Å². The van der Waals surface area contributed by atoms with Gasteiger partial charge in [0.2, 0.25) is 29.5 Å². The number of amides is 5. The third kappa shape index (κ3) is 8.61. The van der Waals surface area contributed by atoms with Crippen LogP contribution in [0.1, 0.15) is 85.0 Å². The standard InChI is InChI=1S/C30H43N5O6/c1-4-21(36)15-10-7-11-16-22-26(38)34-30(3,5-2)29(41)33-23(19-25(37)31-20-13-8-6-9-14-20)28(40)35-18-12-17-24(35)27(39)32-22/h6,8-9,13-14,22-24H,4-5,7,10-12,15-19H2,1-3H3,(H,31,37)(H,32,39)(H,33,41)(H,34,38)/t22-,23-,24+,30-/m0/s1. The van der Waals surface area contributed by atoms with E-state index in [-0.39, 0.29) is 18.6 Å². The second-order valence-electron chi connectivity index (χ2n) is 11.1. The minimum absolute atomic E-state index is 0.189. The van der Waals surface area contributed by atoms with E-state index >= 15 is 0 Å². The van der Waals surface area contributed by atoms with Crippen LogP contribution < -0.4 is 21.3 Å². The van der Waals surface area contributed by atoms with Gasteiger partial charge in [-0.2, -0.15) is 0 Å². The van der Waals surface area contributed by atoms with Crippen molar-refractivity contribution >= 4 is 41.0 Å². The molecule has 4 atom stereocenters. The third-order valence-electron chi connectivity index (χ3n) is 7.97. The number of rotatable bonds is 11. The van der Waals surface area contributed by atoms with Crippen molar-refractivity contribution < 1.29 is 28.8 Å². The number of unbranched alkanes of at least 4 members (excludes halogenated alkanes) is 2. The number of hydrogen-bond acceptors (Lipinski definition) is 6. The fourth-order valence-corrected chi connectivity index (χ4v) is 5.17. The summed E-state index contributed by atoms with van der Waals surface area (Å²) in [5.41, 5.74) is -0.831. The minimum Gasteiger partial charge on any atom is -0.343 e. The van der Waals surface area contributed by atoms with Crippen molar-refractivity contribution in [3.8, 4) is 0 Å². The van der Waals surface area contributed by atoms with Gasteiger partial charge in [0.15, 0.2) is 0 Å². The maximum absolute atomic E-state index is 13.7. The summed E-state index contributed by atoms with van der Waals surface area (Å²) in [5, 5.41) is 11.1. The zero-order valence-corrected chi connectivity index (χ0v) is 24.3. The number of anilines is 1. The molecule has 4 N–H and O–H groups in total. The number of nitrogens with one attached hydrogen (secondary N) is 4. The van der Waals surface area contributed by atoms with Crippen molar-refractivity contribution in [3.05, 3.63) is 30.3 Å². The van der Waals surface area contributed by atoms with Crippen molar-refractivity contribution in [2.24, 2.45) is 0 Å². The summed E-state index contributed by atoms with van der Waals surface area (Å²) in [6.07, 6.45) is 4.22. The van der Waals surface area contributed by atoms with E-state index in [0.29, 0.717) is 57.2 Å².